The van der Waals surface area contributed by atoms with Gasteiger partial charge in [-0.05, 0) is 25.3 Å². The molecule has 1 amide bonds. The SMILES string of the molecule is Cc1cnn(CC2CN(CC(=O)NC3(C#N)CCCCC3)CCO2)c1. The molecule has 7 heteroatoms. The quantitative estimate of drug-likeness (QED) is 0.868. The highest BCUT2D eigenvalue weighted by atomic mass is 16.5. The maximum absolute atomic E-state index is 12.4. The summed E-state index contributed by atoms with van der Waals surface area (Å²) in [6.45, 7) is 5.07. The highest BCUT2D eigenvalue weighted by Crippen LogP contribution is 2.27. The molecule has 1 saturated heterocycles. The summed E-state index contributed by atoms with van der Waals surface area (Å²) >= 11 is 0. The third-order valence-electron chi connectivity index (χ3n) is 5.04. The molecule has 1 aliphatic heterocycles. The van der Waals surface area contributed by atoms with E-state index < -0.39 is 5.54 Å². The molecule has 0 bridgehead atoms. The molecule has 1 aliphatic carbocycles. The number of carbonyl (C=O) groups is 1. The fourth-order valence-electron chi connectivity index (χ4n) is 3.74. The first kappa shape index (κ1) is 17.9. The average Bonchev–Trinajstić information content (AvgIpc) is 3.00. The van der Waals surface area contributed by atoms with Gasteiger partial charge in [0.1, 0.15) is 5.54 Å². The smallest absolute Gasteiger partial charge is 0.235 e. The van der Waals surface area contributed by atoms with Crippen LogP contribution in [0.25, 0.3) is 0 Å². The van der Waals surface area contributed by atoms with Gasteiger partial charge < -0.3 is 10.1 Å². The van der Waals surface area contributed by atoms with Gasteiger partial charge >= 0.3 is 0 Å². The van der Waals surface area contributed by atoms with Gasteiger partial charge in [0, 0.05) is 19.3 Å². The number of nitriles is 1. The van der Waals surface area contributed by atoms with Crippen molar-refractivity contribution >= 4 is 5.91 Å². The van der Waals surface area contributed by atoms with Crippen LogP contribution in [0.4, 0.5) is 0 Å². The summed E-state index contributed by atoms with van der Waals surface area (Å²) in [5.74, 6) is -0.0565. The number of rotatable bonds is 5. The molecule has 25 heavy (non-hydrogen) atoms. The Balaban J connectivity index is 1.50. The van der Waals surface area contributed by atoms with Gasteiger partial charge in [-0.3, -0.25) is 14.4 Å². The molecule has 2 aliphatic rings. The second-order valence-corrected chi connectivity index (χ2v) is 7.27. The molecule has 7 nitrogen and oxygen atoms in total. The van der Waals surface area contributed by atoms with Crippen LogP contribution < -0.4 is 5.32 Å². The molecule has 3 rings (SSSR count). The number of hydrogen-bond donors (Lipinski definition) is 1. The van der Waals surface area contributed by atoms with Crippen LogP contribution in [0.1, 0.15) is 37.7 Å². The maximum atomic E-state index is 12.4. The van der Waals surface area contributed by atoms with Crippen LogP contribution in [0.15, 0.2) is 12.4 Å². The molecule has 1 unspecified atom stereocenters. The number of ether oxygens (including phenoxy) is 1. The molecule has 0 radical (unpaired) electrons. The molecule has 1 atom stereocenters. The average molecular weight is 345 g/mol. The van der Waals surface area contributed by atoms with E-state index in [1.54, 1.807) is 0 Å². The van der Waals surface area contributed by atoms with Crippen molar-refractivity contribution in [3.05, 3.63) is 18.0 Å². The Hall–Kier alpha value is -1.91. The molecule has 0 spiro atoms. The zero-order chi connectivity index (χ0) is 17.7. The lowest BCUT2D eigenvalue weighted by atomic mass is 9.83. The van der Waals surface area contributed by atoms with Gasteiger partial charge in [0.2, 0.25) is 5.91 Å². The van der Waals surface area contributed by atoms with E-state index in [0.29, 0.717) is 26.2 Å². The number of nitrogens with one attached hydrogen (secondary N) is 1. The lowest BCUT2D eigenvalue weighted by Gasteiger charge is -2.35. The van der Waals surface area contributed by atoms with Crippen molar-refractivity contribution in [3.63, 3.8) is 0 Å². The second-order valence-electron chi connectivity index (χ2n) is 7.27. The van der Waals surface area contributed by atoms with E-state index in [1.807, 2.05) is 24.0 Å². The van der Waals surface area contributed by atoms with E-state index in [2.05, 4.69) is 21.4 Å². The fourth-order valence-corrected chi connectivity index (χ4v) is 3.74. The number of aromatic nitrogens is 2. The molecular weight excluding hydrogens is 318 g/mol. The summed E-state index contributed by atoms with van der Waals surface area (Å²) in [5, 5.41) is 16.8. The highest BCUT2D eigenvalue weighted by molar-refractivity contribution is 5.79. The van der Waals surface area contributed by atoms with Crippen LogP contribution in [0.5, 0.6) is 0 Å². The summed E-state index contributed by atoms with van der Waals surface area (Å²) in [7, 11) is 0. The minimum atomic E-state index is -0.659. The van der Waals surface area contributed by atoms with Crippen LogP contribution in [0.2, 0.25) is 0 Å². The van der Waals surface area contributed by atoms with Crippen molar-refractivity contribution in [2.75, 3.05) is 26.2 Å². The first-order valence-corrected chi connectivity index (χ1v) is 9.14. The molecule has 1 aromatic rings. The van der Waals surface area contributed by atoms with E-state index in [9.17, 15) is 10.1 Å². The predicted molar refractivity (Wildman–Crippen MR) is 92.7 cm³/mol. The van der Waals surface area contributed by atoms with Gasteiger partial charge in [0.15, 0.2) is 0 Å². The van der Waals surface area contributed by atoms with Gasteiger partial charge in [-0.1, -0.05) is 19.3 Å². The molecule has 1 N–H and O–H groups in total. The summed E-state index contributed by atoms with van der Waals surface area (Å²) in [6, 6.07) is 2.34. The van der Waals surface area contributed by atoms with Gasteiger partial charge in [-0.25, -0.2) is 0 Å². The zero-order valence-electron chi connectivity index (χ0n) is 14.9. The summed E-state index contributed by atoms with van der Waals surface area (Å²) in [5.41, 5.74) is 0.467. The van der Waals surface area contributed by atoms with Crippen molar-refractivity contribution in [1.29, 1.82) is 5.26 Å². The maximum Gasteiger partial charge on any atom is 0.235 e. The summed E-state index contributed by atoms with van der Waals surface area (Å²) in [6.07, 6.45) is 8.55. The van der Waals surface area contributed by atoms with E-state index >= 15 is 0 Å². The third-order valence-corrected chi connectivity index (χ3v) is 5.04. The van der Waals surface area contributed by atoms with Crippen LogP contribution >= 0.6 is 0 Å². The number of aryl methyl sites for hydroxylation is 1. The Bertz CT molecular complexity index is 630. The predicted octanol–water partition coefficient (Wildman–Crippen LogP) is 1.24. The highest BCUT2D eigenvalue weighted by Gasteiger charge is 2.34. The lowest BCUT2D eigenvalue weighted by molar-refractivity contribution is -0.126. The van der Waals surface area contributed by atoms with E-state index in [4.69, 9.17) is 4.74 Å². The first-order chi connectivity index (χ1) is 12.1. The minimum Gasteiger partial charge on any atom is -0.374 e. The van der Waals surface area contributed by atoms with Gasteiger partial charge in [-0.2, -0.15) is 10.4 Å². The Morgan fingerprint density at radius 2 is 2.28 bits per heavy atom. The Kier molecular flexibility index (Phi) is 5.71. The van der Waals surface area contributed by atoms with Crippen LogP contribution in [0.3, 0.4) is 0 Å². The second kappa shape index (κ2) is 7.98. The number of carbonyl (C=O) groups excluding carboxylic acids is 1. The largest absolute Gasteiger partial charge is 0.374 e. The molecule has 1 aromatic heterocycles. The van der Waals surface area contributed by atoms with Crippen molar-refractivity contribution in [2.24, 2.45) is 0 Å². The number of morpholine rings is 1. The third kappa shape index (κ3) is 4.80. The van der Waals surface area contributed by atoms with Crippen molar-refractivity contribution in [2.45, 2.75) is 57.2 Å². The van der Waals surface area contributed by atoms with Crippen LogP contribution in [-0.2, 0) is 16.1 Å². The monoisotopic (exact) mass is 345 g/mol. The van der Waals surface area contributed by atoms with E-state index in [0.717, 1.165) is 44.2 Å². The molecule has 2 fully saturated rings. The van der Waals surface area contributed by atoms with E-state index in [1.165, 1.54) is 0 Å². The normalized spacial score (nSPS) is 23.8. The van der Waals surface area contributed by atoms with Gasteiger partial charge in [0.25, 0.3) is 0 Å². The van der Waals surface area contributed by atoms with Crippen molar-refractivity contribution < 1.29 is 9.53 Å². The number of nitrogens with zero attached hydrogens (tertiary/aromatic N) is 4. The van der Waals surface area contributed by atoms with Crippen LogP contribution in [0, 0.1) is 18.3 Å². The molecule has 1 saturated carbocycles. The van der Waals surface area contributed by atoms with E-state index in [-0.39, 0.29) is 12.0 Å². The van der Waals surface area contributed by atoms with Crippen molar-refractivity contribution in [1.82, 2.24) is 20.0 Å². The van der Waals surface area contributed by atoms with Crippen LogP contribution in [-0.4, -0.2) is 58.5 Å². The van der Waals surface area contributed by atoms with Crippen molar-refractivity contribution in [3.8, 4) is 6.07 Å². The first-order valence-electron chi connectivity index (χ1n) is 9.14. The molecule has 2 heterocycles. The van der Waals surface area contributed by atoms with Gasteiger partial charge in [0.05, 0.1) is 38.1 Å². The Morgan fingerprint density at radius 1 is 1.48 bits per heavy atom. The topological polar surface area (TPSA) is 83.2 Å². The number of hydrogen-bond acceptors (Lipinski definition) is 5. The standard InChI is InChI=1S/C18H27N5O2/c1-15-9-20-23(10-15)12-16-11-22(7-8-25-16)13-17(24)21-18(14-19)5-3-2-4-6-18/h9-10,16H,2-8,11-13H2,1H3,(H,21,24). The Labute approximate surface area is 148 Å². The summed E-state index contributed by atoms with van der Waals surface area (Å²) < 4.78 is 7.69. The minimum absolute atomic E-state index is 0.0282. The number of amides is 1. The lowest BCUT2D eigenvalue weighted by Crippen LogP contribution is -2.54. The Morgan fingerprint density at radius 3 is 2.96 bits per heavy atom. The summed E-state index contributed by atoms with van der Waals surface area (Å²) in [4.78, 5) is 14.6. The fraction of sp³-hybridized carbons (Fsp3) is 0.722. The molecular formula is C18H27N5O2. The van der Waals surface area contributed by atoms with Gasteiger partial charge in [-0.15, -0.1) is 0 Å². The molecule has 136 valence electrons. The molecule has 0 aromatic carbocycles. The zero-order valence-corrected chi connectivity index (χ0v) is 14.9.